The van der Waals surface area contributed by atoms with Gasteiger partial charge in [-0.25, -0.2) is 18.3 Å². The number of hydrogen-bond acceptors (Lipinski definition) is 7. The smallest absolute Gasteiger partial charge is 0.265 e. The first-order chi connectivity index (χ1) is 22.4. The molecule has 0 saturated carbocycles. The van der Waals surface area contributed by atoms with Crippen LogP contribution in [0.15, 0.2) is 108 Å². The van der Waals surface area contributed by atoms with Crippen molar-refractivity contribution >= 4 is 17.1 Å². The number of ketones is 1. The van der Waals surface area contributed by atoms with E-state index in [9.17, 15) is 14.0 Å². The summed E-state index contributed by atoms with van der Waals surface area (Å²) in [6.45, 7) is 2.90. The minimum Gasteiger partial charge on any atom is -0.452 e. The Morgan fingerprint density at radius 1 is 0.913 bits per heavy atom. The molecule has 4 aromatic heterocycles. The Balaban J connectivity index is 1.10. The number of anilines is 1. The Hall–Kier alpha value is -5.68. The third-order valence-electron chi connectivity index (χ3n) is 7.82. The average Bonchev–Trinajstić information content (AvgIpc) is 3.56. The fraction of sp³-hybridized carbons (Fsp3) is 0.143. The summed E-state index contributed by atoms with van der Waals surface area (Å²) >= 11 is 0. The SMILES string of the molecule is O=C(Cc1ccc(Oc2cc(-c3ccc(N4CCOCC4)nc3)cn3nccc23)c(F)c1)c1cccn(-c2ccc(F)cc2)c1=O. The summed E-state index contributed by atoms with van der Waals surface area (Å²) in [5.74, 6) is -0.350. The van der Waals surface area contributed by atoms with Gasteiger partial charge in [0.05, 0.1) is 25.0 Å². The van der Waals surface area contributed by atoms with E-state index < -0.39 is 23.0 Å². The van der Waals surface area contributed by atoms with Crippen LogP contribution in [0.1, 0.15) is 15.9 Å². The first kappa shape index (κ1) is 29.1. The standard InChI is InChI=1S/C35H27F2N5O4/c36-26-5-7-27(8-6-26)41-13-1-2-28(35(41)44)31(43)19-23-3-9-32(29(37)18-23)46-33-20-25(22-42-30(33)11-12-39-42)24-4-10-34(38-21-24)40-14-16-45-17-15-40/h1-13,18,20-22H,14-17,19H2. The van der Waals surface area contributed by atoms with Crippen LogP contribution in [0.4, 0.5) is 14.6 Å². The highest BCUT2D eigenvalue weighted by Gasteiger charge is 2.17. The lowest BCUT2D eigenvalue weighted by atomic mass is 10.0. The molecule has 1 aliphatic heterocycles. The maximum atomic E-state index is 15.4. The van der Waals surface area contributed by atoms with Gasteiger partial charge in [0, 0.05) is 54.9 Å². The highest BCUT2D eigenvalue weighted by Crippen LogP contribution is 2.33. The largest absolute Gasteiger partial charge is 0.452 e. The Morgan fingerprint density at radius 2 is 1.74 bits per heavy atom. The van der Waals surface area contributed by atoms with Crippen LogP contribution in [0, 0.1) is 11.6 Å². The molecule has 0 amide bonds. The van der Waals surface area contributed by atoms with Crippen LogP contribution < -0.4 is 15.2 Å². The van der Waals surface area contributed by atoms with Gasteiger partial charge in [-0.1, -0.05) is 6.07 Å². The molecular formula is C35H27F2N5O4. The molecule has 2 aromatic carbocycles. The topological polar surface area (TPSA) is 91.0 Å². The lowest BCUT2D eigenvalue weighted by Gasteiger charge is -2.27. The number of ether oxygens (including phenoxy) is 2. The number of hydrogen-bond donors (Lipinski definition) is 0. The van der Waals surface area contributed by atoms with Crippen LogP contribution in [-0.2, 0) is 11.2 Å². The number of Topliss-reactive ketones (excluding diaryl/α,β-unsaturated/α-hetero) is 1. The van der Waals surface area contributed by atoms with Crippen molar-refractivity contribution in [1.82, 2.24) is 19.2 Å². The molecular weight excluding hydrogens is 592 g/mol. The van der Waals surface area contributed by atoms with E-state index in [2.05, 4.69) is 15.0 Å². The van der Waals surface area contributed by atoms with Crippen molar-refractivity contribution in [1.29, 1.82) is 0 Å². The number of nitrogens with zero attached hydrogens (tertiary/aromatic N) is 5. The van der Waals surface area contributed by atoms with E-state index in [0.717, 1.165) is 30.0 Å². The van der Waals surface area contributed by atoms with Crippen LogP contribution in [0.3, 0.4) is 0 Å². The third-order valence-corrected chi connectivity index (χ3v) is 7.82. The summed E-state index contributed by atoms with van der Waals surface area (Å²) in [6.07, 6.45) is 6.57. The number of benzene rings is 2. The molecule has 46 heavy (non-hydrogen) atoms. The molecule has 1 saturated heterocycles. The van der Waals surface area contributed by atoms with Gasteiger partial charge in [0.25, 0.3) is 5.56 Å². The third kappa shape index (κ3) is 5.87. The van der Waals surface area contributed by atoms with Crippen LogP contribution in [-0.4, -0.2) is 51.3 Å². The van der Waals surface area contributed by atoms with E-state index >= 15 is 4.39 Å². The van der Waals surface area contributed by atoms with Crippen molar-refractivity contribution in [2.24, 2.45) is 0 Å². The summed E-state index contributed by atoms with van der Waals surface area (Å²) in [6, 6.07) is 20.1. The van der Waals surface area contributed by atoms with Crippen molar-refractivity contribution in [2.45, 2.75) is 6.42 Å². The molecule has 6 aromatic rings. The van der Waals surface area contributed by atoms with Gasteiger partial charge in [-0.05, 0) is 78.4 Å². The van der Waals surface area contributed by atoms with E-state index in [-0.39, 0.29) is 17.7 Å². The fourth-order valence-corrected chi connectivity index (χ4v) is 5.42. The van der Waals surface area contributed by atoms with Crippen LogP contribution in [0.5, 0.6) is 11.5 Å². The second-order valence-corrected chi connectivity index (χ2v) is 10.8. The monoisotopic (exact) mass is 619 g/mol. The second kappa shape index (κ2) is 12.4. The van der Waals surface area contributed by atoms with Gasteiger partial charge in [-0.15, -0.1) is 0 Å². The summed E-state index contributed by atoms with van der Waals surface area (Å²) in [5, 5.41) is 4.35. The van der Waals surface area contributed by atoms with Gasteiger partial charge in [-0.3, -0.25) is 14.2 Å². The van der Waals surface area contributed by atoms with Crippen molar-refractivity contribution < 1.29 is 23.0 Å². The minimum absolute atomic E-state index is 0.0318. The number of halogens is 2. The normalized spacial score (nSPS) is 13.2. The number of fused-ring (bicyclic) bond motifs is 1. The van der Waals surface area contributed by atoms with E-state index in [0.29, 0.717) is 35.7 Å². The molecule has 5 heterocycles. The Bertz CT molecular complexity index is 2100. The molecule has 7 rings (SSSR count). The van der Waals surface area contributed by atoms with Gasteiger partial charge in [-0.2, -0.15) is 5.10 Å². The number of aromatic nitrogens is 4. The summed E-state index contributed by atoms with van der Waals surface area (Å²) in [5.41, 5.74) is 2.46. The average molecular weight is 620 g/mol. The molecule has 1 fully saturated rings. The van der Waals surface area contributed by atoms with Gasteiger partial charge in [0.1, 0.15) is 17.2 Å². The summed E-state index contributed by atoms with van der Waals surface area (Å²) in [7, 11) is 0. The fourth-order valence-electron chi connectivity index (χ4n) is 5.42. The highest BCUT2D eigenvalue weighted by atomic mass is 19.1. The summed E-state index contributed by atoms with van der Waals surface area (Å²) < 4.78 is 43.1. The molecule has 0 bridgehead atoms. The lowest BCUT2D eigenvalue weighted by Crippen LogP contribution is -2.36. The maximum Gasteiger partial charge on any atom is 0.265 e. The first-order valence-corrected chi connectivity index (χ1v) is 14.7. The Morgan fingerprint density at radius 3 is 2.50 bits per heavy atom. The van der Waals surface area contributed by atoms with E-state index in [1.165, 1.54) is 53.2 Å². The van der Waals surface area contributed by atoms with Gasteiger partial charge in [0.2, 0.25) is 0 Å². The van der Waals surface area contributed by atoms with Gasteiger partial charge < -0.3 is 14.4 Å². The van der Waals surface area contributed by atoms with Crippen LogP contribution in [0.2, 0.25) is 0 Å². The molecule has 0 radical (unpaired) electrons. The van der Waals surface area contributed by atoms with Crippen molar-refractivity contribution in [3.8, 4) is 28.3 Å². The Kier molecular flexibility index (Phi) is 7.81. The predicted molar refractivity (Wildman–Crippen MR) is 168 cm³/mol. The maximum absolute atomic E-state index is 15.4. The molecule has 230 valence electrons. The highest BCUT2D eigenvalue weighted by molar-refractivity contribution is 5.97. The van der Waals surface area contributed by atoms with Crippen molar-refractivity contribution in [2.75, 3.05) is 31.2 Å². The number of carbonyl (C=O) groups is 1. The zero-order valence-electron chi connectivity index (χ0n) is 24.5. The van der Waals surface area contributed by atoms with E-state index in [4.69, 9.17) is 9.47 Å². The Labute approximate surface area is 261 Å². The molecule has 0 unspecified atom stereocenters. The van der Waals surface area contributed by atoms with E-state index in [1.54, 1.807) is 41.2 Å². The molecule has 0 aliphatic carbocycles. The van der Waals surface area contributed by atoms with Gasteiger partial charge in [0.15, 0.2) is 23.1 Å². The van der Waals surface area contributed by atoms with Crippen LogP contribution >= 0.6 is 0 Å². The number of pyridine rings is 3. The number of carbonyl (C=O) groups excluding carboxylic acids is 1. The minimum atomic E-state index is -0.665. The van der Waals surface area contributed by atoms with Crippen LogP contribution in [0.25, 0.3) is 22.3 Å². The zero-order chi connectivity index (χ0) is 31.6. The number of rotatable bonds is 8. The molecule has 9 nitrogen and oxygen atoms in total. The van der Waals surface area contributed by atoms with Crippen molar-refractivity contribution in [3.05, 3.63) is 137 Å². The predicted octanol–water partition coefficient (Wildman–Crippen LogP) is 5.88. The molecule has 0 spiro atoms. The number of morpholine rings is 1. The molecule has 0 N–H and O–H groups in total. The first-order valence-electron chi connectivity index (χ1n) is 14.7. The second-order valence-electron chi connectivity index (χ2n) is 10.8. The van der Waals surface area contributed by atoms with Gasteiger partial charge >= 0.3 is 0 Å². The summed E-state index contributed by atoms with van der Waals surface area (Å²) in [4.78, 5) is 33.0. The molecule has 1 aliphatic rings. The molecule has 11 heteroatoms. The van der Waals surface area contributed by atoms with Crippen molar-refractivity contribution in [3.63, 3.8) is 0 Å². The lowest BCUT2D eigenvalue weighted by molar-refractivity contribution is 0.0991. The van der Waals surface area contributed by atoms with E-state index in [1.807, 2.05) is 18.3 Å². The quantitative estimate of drug-likeness (QED) is 0.197. The zero-order valence-corrected chi connectivity index (χ0v) is 24.5. The molecule has 0 atom stereocenters.